The Hall–Kier alpha value is -0.540. The average Bonchev–Trinajstić information content (AvgIpc) is 2.40. The Kier molecular flexibility index (Phi) is 6.05. The van der Waals surface area contributed by atoms with Crippen molar-refractivity contribution < 1.29 is 4.52 Å². The Labute approximate surface area is 104 Å². The first-order chi connectivity index (χ1) is 6.90. The summed E-state index contributed by atoms with van der Waals surface area (Å²) in [5, 5.41) is 7.39. The normalized spacial score (nSPS) is 11.3. The lowest BCUT2D eigenvalue weighted by molar-refractivity contribution is 0.380. The van der Waals surface area contributed by atoms with Crippen LogP contribution in [0.25, 0.3) is 0 Å². The molecule has 0 aliphatic carbocycles. The number of aromatic nitrogens is 1. The van der Waals surface area contributed by atoms with Crippen molar-refractivity contribution in [3.8, 4) is 0 Å². The first-order valence-corrected chi connectivity index (χ1v) is 5.52. The molecule has 3 nitrogen and oxygen atoms in total. The van der Waals surface area contributed by atoms with Crippen LogP contribution in [-0.4, -0.2) is 18.2 Å². The molecule has 0 atom stereocenters. The van der Waals surface area contributed by atoms with Crippen LogP contribution in [0.4, 0.5) is 0 Å². The van der Waals surface area contributed by atoms with Gasteiger partial charge in [-0.1, -0.05) is 25.9 Å². The maximum Gasteiger partial charge on any atom is 0.137 e. The van der Waals surface area contributed by atoms with Gasteiger partial charge in [-0.3, -0.25) is 0 Å². The maximum absolute atomic E-state index is 5.12. The average molecular weight is 247 g/mol. The number of nitrogens with one attached hydrogen (secondary N) is 1. The second kappa shape index (κ2) is 6.26. The molecule has 0 aromatic carbocycles. The molecule has 0 bridgehead atoms. The van der Waals surface area contributed by atoms with Crippen molar-refractivity contribution in [3.05, 3.63) is 17.0 Å². The van der Waals surface area contributed by atoms with Crippen molar-refractivity contribution in [2.24, 2.45) is 5.41 Å². The van der Waals surface area contributed by atoms with Crippen molar-refractivity contribution in [2.75, 3.05) is 13.1 Å². The molecule has 4 heteroatoms. The number of halogens is 1. The van der Waals surface area contributed by atoms with E-state index in [1.54, 1.807) is 0 Å². The highest BCUT2D eigenvalue weighted by Gasteiger charge is 2.11. The van der Waals surface area contributed by atoms with Gasteiger partial charge < -0.3 is 9.84 Å². The molecule has 0 aliphatic heterocycles. The van der Waals surface area contributed by atoms with Gasteiger partial charge in [-0.05, 0) is 32.2 Å². The molecule has 0 saturated carbocycles. The molecule has 1 aromatic rings. The Balaban J connectivity index is 0.00000225. The summed E-state index contributed by atoms with van der Waals surface area (Å²) in [6.45, 7) is 12.7. The van der Waals surface area contributed by atoms with Gasteiger partial charge in [0.2, 0.25) is 0 Å². The van der Waals surface area contributed by atoms with Gasteiger partial charge >= 0.3 is 0 Å². The summed E-state index contributed by atoms with van der Waals surface area (Å²) in [6.07, 6.45) is 0.997. The van der Waals surface area contributed by atoms with Gasteiger partial charge in [0.05, 0.1) is 5.69 Å². The number of hydrogen-bond donors (Lipinski definition) is 1. The van der Waals surface area contributed by atoms with Gasteiger partial charge in [0.15, 0.2) is 0 Å². The lowest BCUT2D eigenvalue weighted by Gasteiger charge is -2.18. The molecule has 1 heterocycles. The molecule has 1 N–H and O–H groups in total. The van der Waals surface area contributed by atoms with Gasteiger partial charge in [0.1, 0.15) is 5.76 Å². The predicted octanol–water partition coefficient (Wildman–Crippen LogP) is 2.89. The van der Waals surface area contributed by atoms with Gasteiger partial charge in [0.25, 0.3) is 0 Å². The van der Waals surface area contributed by atoms with E-state index in [1.165, 1.54) is 5.56 Å². The summed E-state index contributed by atoms with van der Waals surface area (Å²) in [4.78, 5) is 0. The highest BCUT2D eigenvalue weighted by Crippen LogP contribution is 2.13. The lowest BCUT2D eigenvalue weighted by atomic mass is 9.97. The third kappa shape index (κ3) is 4.99. The first-order valence-electron chi connectivity index (χ1n) is 5.52. The summed E-state index contributed by atoms with van der Waals surface area (Å²) in [5.41, 5.74) is 2.61. The van der Waals surface area contributed by atoms with Crippen LogP contribution in [-0.2, 0) is 6.42 Å². The van der Waals surface area contributed by atoms with Crippen LogP contribution in [0.15, 0.2) is 4.52 Å². The predicted molar refractivity (Wildman–Crippen MR) is 69.3 cm³/mol. The van der Waals surface area contributed by atoms with Gasteiger partial charge in [-0.15, -0.1) is 12.4 Å². The fourth-order valence-electron chi connectivity index (χ4n) is 1.54. The summed E-state index contributed by atoms with van der Waals surface area (Å²) < 4.78 is 5.12. The van der Waals surface area contributed by atoms with Crippen molar-refractivity contribution in [1.82, 2.24) is 10.5 Å². The maximum atomic E-state index is 5.12. The summed E-state index contributed by atoms with van der Waals surface area (Å²) >= 11 is 0. The van der Waals surface area contributed by atoms with Crippen LogP contribution in [0.2, 0.25) is 0 Å². The van der Waals surface area contributed by atoms with E-state index in [1.807, 2.05) is 13.8 Å². The van der Waals surface area contributed by atoms with E-state index in [9.17, 15) is 0 Å². The van der Waals surface area contributed by atoms with Gasteiger partial charge in [-0.25, -0.2) is 0 Å². The van der Waals surface area contributed by atoms with E-state index in [4.69, 9.17) is 4.52 Å². The highest BCUT2D eigenvalue weighted by molar-refractivity contribution is 5.85. The minimum absolute atomic E-state index is 0. The first kappa shape index (κ1) is 15.5. The Morgan fingerprint density at radius 3 is 2.31 bits per heavy atom. The van der Waals surface area contributed by atoms with Crippen LogP contribution in [0.3, 0.4) is 0 Å². The minimum Gasteiger partial charge on any atom is -0.361 e. The zero-order valence-electron chi connectivity index (χ0n) is 10.9. The molecular formula is C12H23ClN2O. The monoisotopic (exact) mass is 246 g/mol. The molecular weight excluding hydrogens is 224 g/mol. The number of nitrogens with zero attached hydrogens (tertiary/aromatic N) is 1. The summed E-state index contributed by atoms with van der Waals surface area (Å²) in [7, 11) is 0. The molecule has 0 unspecified atom stereocenters. The van der Waals surface area contributed by atoms with Crippen LogP contribution in [0, 0.1) is 19.3 Å². The zero-order valence-corrected chi connectivity index (χ0v) is 11.7. The molecule has 16 heavy (non-hydrogen) atoms. The van der Waals surface area contributed by atoms with E-state index in [0.717, 1.165) is 31.0 Å². The largest absolute Gasteiger partial charge is 0.361 e. The SMILES string of the molecule is Cc1noc(C)c1CCNCC(C)(C)C.Cl. The summed E-state index contributed by atoms with van der Waals surface area (Å²) in [6, 6.07) is 0. The van der Waals surface area contributed by atoms with E-state index < -0.39 is 0 Å². The summed E-state index contributed by atoms with van der Waals surface area (Å²) in [5.74, 6) is 0.949. The minimum atomic E-state index is 0. The van der Waals surface area contributed by atoms with E-state index >= 15 is 0 Å². The van der Waals surface area contributed by atoms with Gasteiger partial charge in [-0.2, -0.15) is 0 Å². The van der Waals surface area contributed by atoms with Crippen LogP contribution < -0.4 is 5.32 Å². The fraction of sp³-hybridized carbons (Fsp3) is 0.750. The molecule has 0 amide bonds. The Bertz CT molecular complexity index is 296. The molecule has 0 radical (unpaired) electrons. The van der Waals surface area contributed by atoms with E-state index in [0.29, 0.717) is 5.41 Å². The molecule has 1 aromatic heterocycles. The van der Waals surface area contributed by atoms with Crippen molar-refractivity contribution in [1.29, 1.82) is 0 Å². The zero-order chi connectivity index (χ0) is 11.5. The third-order valence-electron chi connectivity index (χ3n) is 2.39. The van der Waals surface area contributed by atoms with E-state index in [-0.39, 0.29) is 12.4 Å². The highest BCUT2D eigenvalue weighted by atomic mass is 35.5. The van der Waals surface area contributed by atoms with E-state index in [2.05, 4.69) is 31.2 Å². The van der Waals surface area contributed by atoms with Crippen LogP contribution in [0.5, 0.6) is 0 Å². The smallest absolute Gasteiger partial charge is 0.137 e. The van der Waals surface area contributed by atoms with Crippen LogP contribution >= 0.6 is 12.4 Å². The van der Waals surface area contributed by atoms with Crippen LogP contribution in [0.1, 0.15) is 37.8 Å². The third-order valence-corrected chi connectivity index (χ3v) is 2.39. The molecule has 0 aliphatic rings. The molecule has 1 rings (SSSR count). The standard InChI is InChI=1S/C12H22N2O.ClH/c1-9-11(10(2)15-14-9)6-7-13-8-12(3,4)5;/h13H,6-8H2,1-5H3;1H. The fourth-order valence-corrected chi connectivity index (χ4v) is 1.54. The van der Waals surface area contributed by atoms with Gasteiger partial charge in [0, 0.05) is 12.1 Å². The molecule has 0 saturated heterocycles. The molecule has 0 fully saturated rings. The Morgan fingerprint density at radius 1 is 1.25 bits per heavy atom. The van der Waals surface area contributed by atoms with Crippen molar-refractivity contribution >= 4 is 12.4 Å². The van der Waals surface area contributed by atoms with Crippen molar-refractivity contribution in [3.63, 3.8) is 0 Å². The second-order valence-corrected chi connectivity index (χ2v) is 5.29. The molecule has 0 spiro atoms. The lowest BCUT2D eigenvalue weighted by Crippen LogP contribution is -2.28. The molecule has 94 valence electrons. The number of hydrogen-bond acceptors (Lipinski definition) is 3. The topological polar surface area (TPSA) is 38.1 Å². The Morgan fingerprint density at radius 2 is 1.88 bits per heavy atom. The van der Waals surface area contributed by atoms with Crippen molar-refractivity contribution in [2.45, 2.75) is 41.0 Å². The second-order valence-electron chi connectivity index (χ2n) is 5.29. The number of aryl methyl sites for hydroxylation is 2. The quantitative estimate of drug-likeness (QED) is 0.831. The number of rotatable bonds is 4.